The van der Waals surface area contributed by atoms with Gasteiger partial charge in [0.2, 0.25) is 0 Å². The highest BCUT2D eigenvalue weighted by molar-refractivity contribution is 7.20. The minimum absolute atomic E-state index is 0.0688. The average Bonchev–Trinajstić information content (AvgIpc) is 3.16. The van der Waals surface area contributed by atoms with Crippen LogP contribution in [0, 0.1) is 11.6 Å². The number of halogens is 2. The molecule has 0 bridgehead atoms. The molecule has 7 heteroatoms. The monoisotopic (exact) mass is 428 g/mol. The van der Waals surface area contributed by atoms with Crippen molar-refractivity contribution in [2.24, 2.45) is 0 Å². The Balaban J connectivity index is 1.22. The Morgan fingerprint density at radius 3 is 2.63 bits per heavy atom. The summed E-state index contributed by atoms with van der Waals surface area (Å²) in [4.78, 5) is 19.0. The zero-order valence-corrected chi connectivity index (χ0v) is 17.3. The van der Waals surface area contributed by atoms with Gasteiger partial charge in [-0.15, -0.1) is 0 Å². The number of aromatic nitrogens is 1. The van der Waals surface area contributed by atoms with Crippen LogP contribution in [0.4, 0.5) is 8.78 Å². The Hall–Kier alpha value is -2.54. The van der Waals surface area contributed by atoms with Crippen LogP contribution in [0.2, 0.25) is 0 Å². The number of benzene rings is 2. The molecule has 0 saturated carbocycles. The standard InChI is InChI=1S/C23H22F2N2O2S/c24-17-12-19(25)21-20(13-17)30-23(26-21)29-18-7-9-27(10-8-18)22(28)16-6-5-14-3-1-2-4-15(14)11-16/h5-6,11-13,18H,1-4,7-10H2. The number of ether oxygens (including phenoxy) is 1. The molecule has 1 fully saturated rings. The van der Waals surface area contributed by atoms with Crippen molar-refractivity contribution < 1.29 is 18.3 Å². The molecule has 1 aliphatic heterocycles. The molecule has 30 heavy (non-hydrogen) atoms. The van der Waals surface area contributed by atoms with Crippen LogP contribution >= 0.6 is 11.3 Å². The van der Waals surface area contributed by atoms with Gasteiger partial charge in [0.15, 0.2) is 5.82 Å². The molecular formula is C23H22F2N2O2S. The Morgan fingerprint density at radius 1 is 1.07 bits per heavy atom. The van der Waals surface area contributed by atoms with Crippen LogP contribution in [0.25, 0.3) is 10.2 Å². The van der Waals surface area contributed by atoms with Crippen molar-refractivity contribution in [1.82, 2.24) is 9.88 Å². The first-order valence-corrected chi connectivity index (χ1v) is 11.2. The highest BCUT2D eigenvalue weighted by atomic mass is 32.1. The van der Waals surface area contributed by atoms with E-state index in [4.69, 9.17) is 4.74 Å². The normalized spacial score (nSPS) is 17.2. The van der Waals surface area contributed by atoms with E-state index in [9.17, 15) is 13.6 Å². The predicted octanol–water partition coefficient (Wildman–Crippen LogP) is 5.14. The van der Waals surface area contributed by atoms with Gasteiger partial charge in [-0.2, -0.15) is 4.98 Å². The second-order valence-corrected chi connectivity index (χ2v) is 9.01. The van der Waals surface area contributed by atoms with E-state index in [0.717, 1.165) is 35.8 Å². The van der Waals surface area contributed by atoms with Crippen LogP contribution in [-0.4, -0.2) is 35.0 Å². The molecule has 2 heterocycles. The van der Waals surface area contributed by atoms with Crippen LogP contribution in [0.15, 0.2) is 30.3 Å². The summed E-state index contributed by atoms with van der Waals surface area (Å²) in [7, 11) is 0. The van der Waals surface area contributed by atoms with Crippen LogP contribution in [0.1, 0.15) is 47.2 Å². The molecule has 0 radical (unpaired) electrons. The molecule has 156 valence electrons. The third-order valence-corrected chi connectivity index (χ3v) is 6.88. The predicted molar refractivity (Wildman–Crippen MR) is 112 cm³/mol. The van der Waals surface area contributed by atoms with Gasteiger partial charge in [-0.1, -0.05) is 17.4 Å². The largest absolute Gasteiger partial charge is 0.467 e. The van der Waals surface area contributed by atoms with Gasteiger partial charge in [0.1, 0.15) is 17.4 Å². The van der Waals surface area contributed by atoms with E-state index >= 15 is 0 Å². The van der Waals surface area contributed by atoms with E-state index in [-0.39, 0.29) is 17.5 Å². The molecule has 1 aliphatic carbocycles. The number of hydrogen-bond donors (Lipinski definition) is 0. The number of nitrogens with zero attached hydrogens (tertiary/aromatic N) is 2. The number of fused-ring (bicyclic) bond motifs is 2. The van der Waals surface area contributed by atoms with Crippen molar-refractivity contribution >= 4 is 27.5 Å². The number of carbonyl (C=O) groups excluding carboxylic acids is 1. The second-order valence-electron chi connectivity index (χ2n) is 8.01. The molecule has 0 spiro atoms. The van der Waals surface area contributed by atoms with E-state index in [1.54, 1.807) is 0 Å². The van der Waals surface area contributed by atoms with Gasteiger partial charge in [0, 0.05) is 37.6 Å². The molecule has 1 saturated heterocycles. The zero-order chi connectivity index (χ0) is 20.7. The van der Waals surface area contributed by atoms with Gasteiger partial charge in [-0.3, -0.25) is 4.79 Å². The van der Waals surface area contributed by atoms with Gasteiger partial charge in [0.25, 0.3) is 11.1 Å². The Labute approximate surface area is 177 Å². The Bertz CT molecular complexity index is 1110. The lowest BCUT2D eigenvalue weighted by Crippen LogP contribution is -2.41. The summed E-state index contributed by atoms with van der Waals surface area (Å²) < 4.78 is 33.6. The third-order valence-electron chi connectivity index (χ3n) is 5.99. The summed E-state index contributed by atoms with van der Waals surface area (Å²) in [6.45, 7) is 1.21. The van der Waals surface area contributed by atoms with Crippen molar-refractivity contribution in [1.29, 1.82) is 0 Å². The maximum Gasteiger partial charge on any atom is 0.274 e. The second kappa shape index (κ2) is 7.95. The minimum Gasteiger partial charge on any atom is -0.467 e. The topological polar surface area (TPSA) is 42.4 Å². The SMILES string of the molecule is O=C(c1ccc2c(c1)CCCC2)N1CCC(Oc2nc3c(F)cc(F)cc3s2)CC1. The van der Waals surface area contributed by atoms with Crippen LogP contribution in [0.3, 0.4) is 0 Å². The molecule has 0 N–H and O–H groups in total. The third kappa shape index (κ3) is 3.78. The number of hydrogen-bond acceptors (Lipinski definition) is 4. The molecule has 2 aromatic carbocycles. The Morgan fingerprint density at radius 2 is 1.83 bits per heavy atom. The quantitative estimate of drug-likeness (QED) is 0.580. The summed E-state index contributed by atoms with van der Waals surface area (Å²) in [5.74, 6) is -1.23. The fraction of sp³-hybridized carbons (Fsp3) is 0.391. The van der Waals surface area contributed by atoms with Gasteiger partial charge in [-0.05, 0) is 55.0 Å². The van der Waals surface area contributed by atoms with Gasteiger partial charge >= 0.3 is 0 Å². The molecule has 5 rings (SSSR count). The maximum absolute atomic E-state index is 13.9. The summed E-state index contributed by atoms with van der Waals surface area (Å²) in [6, 6.07) is 8.21. The molecule has 3 aromatic rings. The average molecular weight is 429 g/mol. The fourth-order valence-corrected chi connectivity index (χ4v) is 5.28. The number of amides is 1. The van der Waals surface area contributed by atoms with Crippen molar-refractivity contribution in [3.05, 3.63) is 58.7 Å². The molecule has 1 aromatic heterocycles. The van der Waals surface area contributed by atoms with Crippen molar-refractivity contribution in [2.75, 3.05) is 13.1 Å². The van der Waals surface area contributed by atoms with Crippen LogP contribution < -0.4 is 4.74 Å². The molecule has 4 nitrogen and oxygen atoms in total. The summed E-state index contributed by atoms with van der Waals surface area (Å²) in [5, 5.41) is 0.342. The highest BCUT2D eigenvalue weighted by Crippen LogP contribution is 2.32. The lowest BCUT2D eigenvalue weighted by atomic mass is 9.90. The van der Waals surface area contributed by atoms with Crippen molar-refractivity contribution in [3.8, 4) is 5.19 Å². The first kappa shape index (κ1) is 19.4. The number of aryl methyl sites for hydroxylation is 2. The maximum atomic E-state index is 13.9. The van der Waals surface area contributed by atoms with Gasteiger partial charge in [0.05, 0.1) is 4.70 Å². The number of likely N-dealkylation sites (tertiary alicyclic amines) is 1. The number of thiazole rings is 1. The molecular weight excluding hydrogens is 406 g/mol. The van der Waals surface area contributed by atoms with Crippen LogP contribution in [0.5, 0.6) is 5.19 Å². The zero-order valence-electron chi connectivity index (χ0n) is 16.5. The van der Waals surface area contributed by atoms with E-state index in [2.05, 4.69) is 17.1 Å². The van der Waals surface area contributed by atoms with E-state index in [1.165, 1.54) is 30.0 Å². The van der Waals surface area contributed by atoms with E-state index < -0.39 is 11.6 Å². The van der Waals surface area contributed by atoms with Gasteiger partial charge < -0.3 is 9.64 Å². The fourth-order valence-electron chi connectivity index (χ4n) is 4.36. The van der Waals surface area contributed by atoms with E-state index in [0.29, 0.717) is 35.8 Å². The molecule has 2 aliphatic rings. The number of piperidine rings is 1. The summed E-state index contributed by atoms with van der Waals surface area (Å²) in [5.41, 5.74) is 3.58. The summed E-state index contributed by atoms with van der Waals surface area (Å²) >= 11 is 1.14. The lowest BCUT2D eigenvalue weighted by Gasteiger charge is -2.32. The molecule has 0 atom stereocenters. The van der Waals surface area contributed by atoms with Crippen molar-refractivity contribution in [3.63, 3.8) is 0 Å². The highest BCUT2D eigenvalue weighted by Gasteiger charge is 2.26. The first-order valence-electron chi connectivity index (χ1n) is 10.4. The molecule has 1 amide bonds. The number of rotatable bonds is 3. The number of carbonyl (C=O) groups is 1. The minimum atomic E-state index is -0.679. The lowest BCUT2D eigenvalue weighted by molar-refractivity contribution is 0.0595. The summed E-state index contributed by atoms with van der Waals surface area (Å²) in [6.07, 6.45) is 5.85. The smallest absolute Gasteiger partial charge is 0.274 e. The van der Waals surface area contributed by atoms with E-state index in [1.807, 2.05) is 11.0 Å². The first-order chi connectivity index (χ1) is 14.6. The van der Waals surface area contributed by atoms with Crippen LogP contribution in [-0.2, 0) is 12.8 Å². The van der Waals surface area contributed by atoms with Crippen molar-refractivity contribution in [2.45, 2.75) is 44.6 Å². The Kier molecular flexibility index (Phi) is 5.15. The molecule has 0 unspecified atom stereocenters. The van der Waals surface area contributed by atoms with Gasteiger partial charge in [-0.25, -0.2) is 8.78 Å².